The molecule has 0 bridgehead atoms. The molecule has 0 fully saturated rings. The highest BCUT2D eigenvalue weighted by Crippen LogP contribution is 2.18. The lowest BCUT2D eigenvalue weighted by Crippen LogP contribution is -2.18. The van der Waals surface area contributed by atoms with E-state index in [0.29, 0.717) is 48.8 Å². The van der Waals surface area contributed by atoms with E-state index >= 15 is 0 Å². The summed E-state index contributed by atoms with van der Waals surface area (Å²) >= 11 is 1.29. The Balaban J connectivity index is 1.70. The highest BCUT2D eigenvalue weighted by molar-refractivity contribution is 7.16. The molecule has 31 heavy (non-hydrogen) atoms. The highest BCUT2D eigenvalue weighted by atomic mass is 32.1. The first-order chi connectivity index (χ1) is 15.0. The van der Waals surface area contributed by atoms with Gasteiger partial charge in [-0.1, -0.05) is 30.4 Å². The Morgan fingerprint density at radius 1 is 1.23 bits per heavy atom. The maximum Gasteiger partial charge on any atom is 0.340 e. The van der Waals surface area contributed by atoms with Gasteiger partial charge in [0.15, 0.2) is 0 Å². The molecule has 0 aliphatic rings. The molecule has 3 aromatic rings. The molecule has 3 rings (SSSR count). The van der Waals surface area contributed by atoms with Crippen LogP contribution >= 0.6 is 11.3 Å². The van der Waals surface area contributed by atoms with Gasteiger partial charge in [-0.3, -0.25) is 9.59 Å². The van der Waals surface area contributed by atoms with E-state index in [0.717, 1.165) is 5.01 Å². The Morgan fingerprint density at radius 3 is 2.81 bits per heavy atom. The smallest absolute Gasteiger partial charge is 0.340 e. The van der Waals surface area contributed by atoms with E-state index in [1.165, 1.54) is 21.9 Å². The summed E-state index contributed by atoms with van der Waals surface area (Å²) in [6.45, 7) is 4.77. The quantitative estimate of drug-likeness (QED) is 0.378. The average Bonchev–Trinajstić information content (AvgIpc) is 3.16. The van der Waals surface area contributed by atoms with Gasteiger partial charge >= 0.3 is 5.97 Å². The van der Waals surface area contributed by atoms with Crippen LogP contribution in [-0.4, -0.2) is 39.7 Å². The van der Waals surface area contributed by atoms with Crippen molar-refractivity contribution in [3.05, 3.63) is 57.0 Å². The number of benzene rings is 1. The minimum Gasteiger partial charge on any atom is -0.456 e. The summed E-state index contributed by atoms with van der Waals surface area (Å²) in [4.78, 5) is 41.6. The van der Waals surface area contributed by atoms with Crippen LogP contribution in [0.4, 0.5) is 5.69 Å². The zero-order valence-corrected chi connectivity index (χ0v) is 18.2. The van der Waals surface area contributed by atoms with E-state index in [2.05, 4.69) is 15.4 Å². The summed E-state index contributed by atoms with van der Waals surface area (Å²) in [6.07, 6.45) is 1.65. The molecule has 0 aliphatic heterocycles. The van der Waals surface area contributed by atoms with Gasteiger partial charge in [0.05, 0.1) is 23.6 Å². The normalized spacial score (nSPS) is 10.9. The number of fused-ring (bicyclic) bond motifs is 1. The number of amides is 1. The molecule has 0 saturated heterocycles. The van der Waals surface area contributed by atoms with E-state index in [1.807, 2.05) is 13.8 Å². The van der Waals surface area contributed by atoms with Crippen LogP contribution in [0.3, 0.4) is 0 Å². The zero-order chi connectivity index (χ0) is 22.2. The summed E-state index contributed by atoms with van der Waals surface area (Å²) in [6, 6.07) is 7.91. The lowest BCUT2D eigenvalue weighted by molar-refractivity contribution is -0.116. The van der Waals surface area contributed by atoms with E-state index in [1.54, 1.807) is 24.3 Å². The van der Waals surface area contributed by atoms with Crippen LogP contribution in [0, 0.1) is 0 Å². The van der Waals surface area contributed by atoms with Crippen LogP contribution in [-0.2, 0) is 27.3 Å². The zero-order valence-electron chi connectivity index (χ0n) is 17.4. The Hall–Kier alpha value is -3.11. The topological polar surface area (TPSA) is 112 Å². The van der Waals surface area contributed by atoms with Gasteiger partial charge in [0, 0.05) is 25.5 Å². The third kappa shape index (κ3) is 5.96. The largest absolute Gasteiger partial charge is 0.456 e. The van der Waals surface area contributed by atoms with Gasteiger partial charge in [0.2, 0.25) is 10.9 Å². The summed E-state index contributed by atoms with van der Waals surface area (Å²) in [5.74, 6) is -0.788. The number of nitrogens with zero attached hydrogens (tertiary/aromatic N) is 3. The Kier molecular flexibility index (Phi) is 7.85. The standard InChI is InChI=1S/C21H24N4O5S/c1-3-7-17(26)23-16-9-6-5-8-15(16)20(28)30-13-14-12-19(27)25-21(22-14)31-18(24-25)10-11-29-4-2/h5-6,8-9,12H,3-4,7,10-11,13H2,1-2H3,(H,23,26). The maximum absolute atomic E-state index is 12.6. The van der Waals surface area contributed by atoms with Crippen LogP contribution in [0.15, 0.2) is 35.1 Å². The molecule has 0 saturated carbocycles. The third-order valence-corrected chi connectivity index (χ3v) is 5.22. The lowest BCUT2D eigenvalue weighted by Gasteiger charge is -2.10. The maximum atomic E-state index is 12.6. The minimum atomic E-state index is -0.615. The van der Waals surface area contributed by atoms with Crippen LogP contribution in [0.5, 0.6) is 0 Å². The molecular weight excluding hydrogens is 420 g/mol. The van der Waals surface area contributed by atoms with Crippen molar-refractivity contribution in [2.75, 3.05) is 18.5 Å². The SMILES string of the molecule is CCCC(=O)Nc1ccccc1C(=O)OCc1cc(=O)n2nc(CCOCC)sc2n1. The summed E-state index contributed by atoms with van der Waals surface area (Å²) < 4.78 is 11.9. The van der Waals surface area contributed by atoms with Crippen molar-refractivity contribution >= 4 is 33.9 Å². The molecule has 164 valence electrons. The summed E-state index contributed by atoms with van der Waals surface area (Å²) in [5.41, 5.74) is 0.602. The van der Waals surface area contributed by atoms with E-state index in [9.17, 15) is 14.4 Å². The first-order valence-corrected chi connectivity index (χ1v) is 10.9. The molecule has 0 spiro atoms. The molecular formula is C21H24N4O5S. The molecule has 0 aliphatic carbocycles. The lowest BCUT2D eigenvalue weighted by atomic mass is 10.1. The van der Waals surface area contributed by atoms with E-state index in [-0.39, 0.29) is 23.6 Å². The summed E-state index contributed by atoms with van der Waals surface area (Å²) in [7, 11) is 0. The predicted molar refractivity (Wildman–Crippen MR) is 116 cm³/mol. The van der Waals surface area contributed by atoms with E-state index in [4.69, 9.17) is 9.47 Å². The molecule has 1 aromatic carbocycles. The van der Waals surface area contributed by atoms with Gasteiger partial charge in [-0.25, -0.2) is 9.78 Å². The summed E-state index contributed by atoms with van der Waals surface area (Å²) in [5, 5.41) is 7.72. The molecule has 1 amide bonds. The van der Waals surface area contributed by atoms with Crippen LogP contribution in [0.25, 0.3) is 4.96 Å². The number of nitrogens with one attached hydrogen (secondary N) is 1. The van der Waals surface area contributed by atoms with Gasteiger partial charge in [-0.15, -0.1) is 0 Å². The number of hydrogen-bond acceptors (Lipinski definition) is 8. The molecule has 2 aromatic heterocycles. The number of carbonyl (C=O) groups excluding carboxylic acids is 2. The Morgan fingerprint density at radius 2 is 2.03 bits per heavy atom. The fourth-order valence-electron chi connectivity index (χ4n) is 2.80. The van der Waals surface area contributed by atoms with Crippen LogP contribution in [0.2, 0.25) is 0 Å². The molecule has 0 radical (unpaired) electrons. The van der Waals surface area contributed by atoms with Crippen LogP contribution in [0.1, 0.15) is 47.7 Å². The minimum absolute atomic E-state index is 0.173. The predicted octanol–water partition coefficient (Wildman–Crippen LogP) is 2.83. The number of anilines is 1. The fourth-order valence-corrected chi connectivity index (χ4v) is 3.70. The first-order valence-electron chi connectivity index (χ1n) is 10.0. The van der Waals surface area contributed by atoms with Crippen molar-refractivity contribution in [2.24, 2.45) is 0 Å². The van der Waals surface area contributed by atoms with E-state index < -0.39 is 5.97 Å². The number of esters is 1. The molecule has 0 atom stereocenters. The number of carbonyl (C=O) groups is 2. The molecule has 9 nitrogen and oxygen atoms in total. The molecule has 0 unspecified atom stereocenters. The second-order valence-corrected chi connectivity index (χ2v) is 7.68. The molecule has 2 heterocycles. The van der Waals surface area contributed by atoms with Crippen molar-refractivity contribution in [2.45, 2.75) is 39.7 Å². The van der Waals surface area contributed by atoms with Gasteiger partial charge in [0.1, 0.15) is 11.6 Å². The van der Waals surface area contributed by atoms with Gasteiger partial charge in [-0.2, -0.15) is 9.61 Å². The fraction of sp³-hybridized carbons (Fsp3) is 0.381. The van der Waals surface area contributed by atoms with Crippen molar-refractivity contribution in [1.82, 2.24) is 14.6 Å². The van der Waals surface area contributed by atoms with Crippen molar-refractivity contribution in [3.8, 4) is 0 Å². The average molecular weight is 445 g/mol. The number of ether oxygens (including phenoxy) is 2. The van der Waals surface area contributed by atoms with Gasteiger partial charge in [0.25, 0.3) is 5.56 Å². The van der Waals surface area contributed by atoms with Crippen molar-refractivity contribution in [3.63, 3.8) is 0 Å². The Bertz CT molecular complexity index is 1120. The van der Waals surface area contributed by atoms with Gasteiger partial charge in [-0.05, 0) is 25.5 Å². The van der Waals surface area contributed by atoms with Crippen LogP contribution < -0.4 is 10.9 Å². The van der Waals surface area contributed by atoms with Crippen molar-refractivity contribution < 1.29 is 19.1 Å². The first kappa shape index (κ1) is 22.6. The molecule has 1 N–H and O–H groups in total. The number of para-hydroxylation sites is 1. The van der Waals surface area contributed by atoms with Gasteiger partial charge < -0.3 is 14.8 Å². The third-order valence-electron chi connectivity index (χ3n) is 4.25. The second kappa shape index (κ2) is 10.8. The number of rotatable bonds is 10. The Labute approximate surface area is 183 Å². The molecule has 10 heteroatoms. The monoisotopic (exact) mass is 444 g/mol. The van der Waals surface area contributed by atoms with Crippen molar-refractivity contribution in [1.29, 1.82) is 0 Å². The second-order valence-electron chi connectivity index (χ2n) is 6.64. The number of aromatic nitrogens is 3. The highest BCUT2D eigenvalue weighted by Gasteiger charge is 2.16. The number of hydrogen-bond donors (Lipinski definition) is 1.